The Morgan fingerprint density at radius 1 is 0.833 bits per heavy atom. The molecule has 2 aliphatic rings. The van der Waals surface area contributed by atoms with E-state index in [1.807, 2.05) is 60.7 Å². The fourth-order valence-corrected chi connectivity index (χ4v) is 4.60. The van der Waals surface area contributed by atoms with E-state index in [2.05, 4.69) is 0 Å². The number of rotatable bonds is 4. The molecule has 2 fully saturated rings. The number of epoxide rings is 1. The minimum atomic E-state index is -0.676. The third kappa shape index (κ3) is 3.50. The van der Waals surface area contributed by atoms with Crippen molar-refractivity contribution in [3.05, 3.63) is 106 Å². The molecule has 0 N–H and O–H groups in total. The normalized spacial score (nSPS) is 25.3. The first-order valence-corrected chi connectivity index (χ1v) is 10.5. The van der Waals surface area contributed by atoms with Crippen molar-refractivity contribution >= 4 is 29.1 Å². The molecule has 4 nitrogen and oxygen atoms in total. The molecule has 0 spiro atoms. The summed E-state index contributed by atoms with van der Waals surface area (Å²) < 4.78 is 11.9. The molecule has 6 heteroatoms. The molecule has 0 aliphatic carbocycles. The summed E-state index contributed by atoms with van der Waals surface area (Å²) in [5.41, 5.74) is 2.58. The van der Waals surface area contributed by atoms with Crippen molar-refractivity contribution in [1.29, 1.82) is 0 Å². The molecule has 3 aromatic rings. The van der Waals surface area contributed by atoms with E-state index in [1.54, 1.807) is 23.1 Å². The van der Waals surface area contributed by atoms with Crippen LogP contribution in [-0.2, 0) is 14.3 Å². The number of hydrogen-bond donors (Lipinski definition) is 0. The van der Waals surface area contributed by atoms with Crippen LogP contribution in [0.15, 0.2) is 78.9 Å². The van der Waals surface area contributed by atoms with Gasteiger partial charge in [-0.15, -0.1) is 0 Å². The Morgan fingerprint density at radius 3 is 2.07 bits per heavy atom. The van der Waals surface area contributed by atoms with Gasteiger partial charge in [0, 0.05) is 15.6 Å². The zero-order valence-corrected chi connectivity index (χ0v) is 17.5. The fourth-order valence-electron chi connectivity index (χ4n) is 4.02. The number of carbonyl (C=O) groups excluding carboxylic acids is 1. The van der Waals surface area contributed by atoms with Gasteiger partial charge in [-0.2, -0.15) is 0 Å². The van der Waals surface area contributed by atoms with Crippen molar-refractivity contribution in [3.8, 4) is 0 Å². The lowest BCUT2D eigenvalue weighted by molar-refractivity contribution is -0.139. The third-order valence-corrected chi connectivity index (χ3v) is 6.21. The van der Waals surface area contributed by atoms with Crippen LogP contribution in [0.5, 0.6) is 0 Å². The van der Waals surface area contributed by atoms with Crippen molar-refractivity contribution < 1.29 is 14.3 Å². The number of hydrogen-bond acceptors (Lipinski definition) is 3. The predicted octanol–water partition coefficient (Wildman–Crippen LogP) is 5.73. The summed E-state index contributed by atoms with van der Waals surface area (Å²) in [6.07, 6.45) is -1.48. The van der Waals surface area contributed by atoms with Crippen molar-refractivity contribution in [1.82, 2.24) is 4.90 Å². The van der Waals surface area contributed by atoms with Gasteiger partial charge in [-0.25, -0.2) is 0 Å². The van der Waals surface area contributed by atoms with Crippen molar-refractivity contribution in [2.45, 2.75) is 24.5 Å². The van der Waals surface area contributed by atoms with Crippen molar-refractivity contribution in [2.24, 2.45) is 0 Å². The van der Waals surface area contributed by atoms with Gasteiger partial charge < -0.3 is 14.4 Å². The monoisotopic (exact) mass is 439 g/mol. The molecule has 0 radical (unpaired) electrons. The Labute approximate surface area is 184 Å². The highest BCUT2D eigenvalue weighted by atomic mass is 35.5. The number of ether oxygens (including phenoxy) is 2. The van der Waals surface area contributed by atoms with E-state index in [9.17, 15) is 4.79 Å². The van der Waals surface area contributed by atoms with Gasteiger partial charge in [0.05, 0.1) is 12.6 Å². The molecule has 152 valence electrons. The zero-order valence-electron chi connectivity index (χ0n) is 15.9. The first kappa shape index (κ1) is 19.6. The molecular formula is C24H19Cl2NO3. The van der Waals surface area contributed by atoms with Gasteiger partial charge in [0.15, 0.2) is 12.3 Å². The molecule has 30 heavy (non-hydrogen) atoms. The van der Waals surface area contributed by atoms with Crippen LogP contribution in [0.25, 0.3) is 0 Å². The first-order valence-electron chi connectivity index (χ1n) is 9.78. The maximum absolute atomic E-state index is 13.6. The van der Waals surface area contributed by atoms with Crippen molar-refractivity contribution in [3.63, 3.8) is 0 Å². The molecule has 2 heterocycles. The molecular weight excluding hydrogens is 421 g/mol. The first-order chi connectivity index (χ1) is 14.6. The highest BCUT2D eigenvalue weighted by Gasteiger charge is 2.53. The maximum Gasteiger partial charge on any atom is 0.257 e. The largest absolute Gasteiger partial charge is 0.354 e. The van der Waals surface area contributed by atoms with Gasteiger partial charge in [-0.3, -0.25) is 4.79 Å². The van der Waals surface area contributed by atoms with Crippen LogP contribution in [0.1, 0.15) is 35.1 Å². The molecule has 2 unspecified atom stereocenters. The quantitative estimate of drug-likeness (QED) is 0.487. The number of amides is 1. The van der Waals surface area contributed by atoms with E-state index in [4.69, 9.17) is 32.7 Å². The molecule has 3 aromatic carbocycles. The van der Waals surface area contributed by atoms with E-state index in [1.165, 1.54) is 0 Å². The number of carbonyl (C=O) groups is 1. The minimum absolute atomic E-state index is 0.129. The van der Waals surface area contributed by atoms with Gasteiger partial charge in [-0.05, 0) is 23.3 Å². The molecule has 0 aromatic heterocycles. The fraction of sp³-hybridized carbons (Fsp3) is 0.208. The zero-order chi connectivity index (χ0) is 20.7. The SMILES string of the molecule is O=C(C1OC1c1ccccc1)N1[C@@H](c2c(Cl)cccc2Cl)OC[C@H]1c1ccccc1. The highest BCUT2D eigenvalue weighted by molar-refractivity contribution is 6.36. The van der Waals surface area contributed by atoms with Gasteiger partial charge in [-0.1, -0.05) is 89.9 Å². The lowest BCUT2D eigenvalue weighted by Crippen LogP contribution is -2.37. The van der Waals surface area contributed by atoms with Gasteiger partial charge >= 0.3 is 0 Å². The molecule has 2 saturated heterocycles. The molecule has 4 atom stereocenters. The third-order valence-electron chi connectivity index (χ3n) is 5.55. The molecule has 0 bridgehead atoms. The Kier molecular flexibility index (Phi) is 5.25. The average Bonchev–Trinajstić information content (AvgIpc) is 3.47. The molecule has 2 aliphatic heterocycles. The summed E-state index contributed by atoms with van der Waals surface area (Å²) >= 11 is 12.9. The summed E-state index contributed by atoms with van der Waals surface area (Å²) in [4.78, 5) is 15.3. The Balaban J connectivity index is 1.50. The maximum atomic E-state index is 13.6. The molecule has 1 amide bonds. The predicted molar refractivity (Wildman–Crippen MR) is 115 cm³/mol. The lowest BCUT2D eigenvalue weighted by atomic mass is 10.0. The van der Waals surface area contributed by atoms with E-state index >= 15 is 0 Å². The summed E-state index contributed by atoms with van der Waals surface area (Å²) in [7, 11) is 0. The number of benzene rings is 3. The van der Waals surface area contributed by atoms with Crippen LogP contribution in [0.4, 0.5) is 0 Å². The second-order valence-electron chi connectivity index (χ2n) is 7.38. The van der Waals surface area contributed by atoms with Gasteiger partial charge in [0.2, 0.25) is 0 Å². The van der Waals surface area contributed by atoms with E-state index < -0.39 is 12.3 Å². The number of halogens is 2. The topological polar surface area (TPSA) is 42.1 Å². The van der Waals surface area contributed by atoms with Crippen LogP contribution in [-0.4, -0.2) is 23.5 Å². The Bertz CT molecular complexity index is 1040. The van der Waals surface area contributed by atoms with Crippen LogP contribution in [0.2, 0.25) is 10.0 Å². The second-order valence-corrected chi connectivity index (χ2v) is 8.20. The van der Waals surface area contributed by atoms with Crippen LogP contribution in [0.3, 0.4) is 0 Å². The summed E-state index contributed by atoms with van der Waals surface area (Å²) in [6, 6.07) is 24.6. The summed E-state index contributed by atoms with van der Waals surface area (Å²) in [5.74, 6) is -0.129. The van der Waals surface area contributed by atoms with Crippen LogP contribution >= 0.6 is 23.2 Å². The standard InChI is InChI=1S/C24H19Cl2NO3/c25-17-12-7-13-18(26)20(17)24-27(19(14-29-24)15-8-3-1-4-9-15)23(28)22-21(30-22)16-10-5-2-6-11-16/h1-13,19,21-22,24H,14H2/t19-,21?,22?,24+/m0/s1. The van der Waals surface area contributed by atoms with Gasteiger partial charge in [0.25, 0.3) is 5.91 Å². The highest BCUT2D eigenvalue weighted by Crippen LogP contribution is 2.47. The smallest absolute Gasteiger partial charge is 0.257 e. The molecule has 0 saturated carbocycles. The number of nitrogens with zero attached hydrogens (tertiary/aromatic N) is 1. The van der Waals surface area contributed by atoms with Crippen molar-refractivity contribution in [2.75, 3.05) is 6.61 Å². The Hall–Kier alpha value is -2.37. The minimum Gasteiger partial charge on any atom is -0.354 e. The molecule has 5 rings (SSSR count). The average molecular weight is 440 g/mol. The lowest BCUT2D eigenvalue weighted by Gasteiger charge is -2.29. The summed E-state index contributed by atoms with van der Waals surface area (Å²) in [5, 5.41) is 0.936. The van der Waals surface area contributed by atoms with E-state index in [0.717, 1.165) is 11.1 Å². The van der Waals surface area contributed by atoms with E-state index in [-0.39, 0.29) is 18.1 Å². The summed E-state index contributed by atoms with van der Waals surface area (Å²) in [6.45, 7) is 0.352. The van der Waals surface area contributed by atoms with Gasteiger partial charge in [0.1, 0.15) is 6.10 Å². The Morgan fingerprint density at radius 2 is 1.43 bits per heavy atom. The van der Waals surface area contributed by atoms with Crippen LogP contribution < -0.4 is 0 Å². The second kappa shape index (κ2) is 8.05. The van der Waals surface area contributed by atoms with Crippen LogP contribution in [0, 0.1) is 0 Å². The van der Waals surface area contributed by atoms with E-state index in [0.29, 0.717) is 22.2 Å².